The zero-order chi connectivity index (χ0) is 25.1. The highest BCUT2D eigenvalue weighted by Gasteiger charge is 2.40. The molecule has 0 spiro atoms. The highest BCUT2D eigenvalue weighted by Crippen LogP contribution is 2.23. The first-order chi connectivity index (χ1) is 16.2. The van der Waals surface area contributed by atoms with Crippen LogP contribution in [0.3, 0.4) is 0 Å². The number of esters is 1. The summed E-state index contributed by atoms with van der Waals surface area (Å²) in [5.41, 5.74) is 2.51. The van der Waals surface area contributed by atoms with Gasteiger partial charge in [0.1, 0.15) is 24.9 Å². The van der Waals surface area contributed by atoms with Gasteiger partial charge in [0.2, 0.25) is 0 Å². The van der Waals surface area contributed by atoms with E-state index in [0.717, 1.165) is 16.7 Å². The van der Waals surface area contributed by atoms with E-state index in [-0.39, 0.29) is 32.3 Å². The van der Waals surface area contributed by atoms with E-state index in [9.17, 15) is 9.59 Å². The van der Waals surface area contributed by atoms with Crippen LogP contribution < -0.4 is 5.32 Å². The minimum Gasteiger partial charge on any atom is -0.458 e. The van der Waals surface area contributed by atoms with Gasteiger partial charge in [-0.05, 0) is 25.3 Å². The number of hydrogen-bond acceptors (Lipinski definition) is 7. The third-order valence-corrected chi connectivity index (χ3v) is 5.02. The van der Waals surface area contributed by atoms with Gasteiger partial charge in [-0.15, -0.1) is 0 Å². The van der Waals surface area contributed by atoms with Crippen LogP contribution in [0.4, 0.5) is 4.79 Å². The van der Waals surface area contributed by atoms with E-state index in [1.165, 1.54) is 0 Å². The Bertz CT molecular complexity index is 824. The van der Waals surface area contributed by atoms with Gasteiger partial charge < -0.3 is 29.0 Å². The third kappa shape index (κ3) is 9.29. The summed E-state index contributed by atoms with van der Waals surface area (Å²) >= 11 is 0. The lowest BCUT2D eigenvalue weighted by Gasteiger charge is -2.34. The molecule has 0 radical (unpaired) electrons. The number of hydrogen-bond donors (Lipinski definition) is 1. The van der Waals surface area contributed by atoms with E-state index in [0.29, 0.717) is 6.61 Å². The molecule has 1 amide bonds. The van der Waals surface area contributed by atoms with Gasteiger partial charge in [-0.1, -0.05) is 68.5 Å². The maximum absolute atomic E-state index is 13.0. The van der Waals surface area contributed by atoms with E-state index in [1.54, 1.807) is 0 Å². The number of benzene rings is 1. The second-order valence-electron chi connectivity index (χ2n) is 8.98. The van der Waals surface area contributed by atoms with Gasteiger partial charge >= 0.3 is 12.1 Å². The van der Waals surface area contributed by atoms with E-state index < -0.39 is 36.4 Å². The summed E-state index contributed by atoms with van der Waals surface area (Å²) in [6.07, 6.45) is -2.47. The summed E-state index contributed by atoms with van der Waals surface area (Å²) < 4.78 is 29.0. The van der Waals surface area contributed by atoms with Crippen LogP contribution in [-0.2, 0) is 35.1 Å². The van der Waals surface area contributed by atoms with E-state index in [4.69, 9.17) is 23.7 Å². The van der Waals surface area contributed by atoms with Gasteiger partial charge in [0.15, 0.2) is 6.04 Å². The Hall–Kier alpha value is -2.68. The summed E-state index contributed by atoms with van der Waals surface area (Å²) in [6.45, 7) is 16.1. The molecule has 1 N–H and O–H groups in total. The van der Waals surface area contributed by atoms with Crippen LogP contribution >= 0.6 is 0 Å². The Morgan fingerprint density at radius 2 is 1.74 bits per heavy atom. The lowest BCUT2D eigenvalue weighted by molar-refractivity contribution is -0.174. The first-order valence-corrected chi connectivity index (χ1v) is 11.4. The minimum absolute atomic E-state index is 0.0809. The van der Waals surface area contributed by atoms with Gasteiger partial charge in [0.05, 0.1) is 26.4 Å². The summed E-state index contributed by atoms with van der Waals surface area (Å²) in [4.78, 5) is 25.3. The number of ether oxygens (including phenoxy) is 5. The number of alkyl carbamates (subject to hydrolysis) is 1. The van der Waals surface area contributed by atoms with Gasteiger partial charge in [-0.25, -0.2) is 9.59 Å². The molecule has 1 fully saturated rings. The van der Waals surface area contributed by atoms with Crippen molar-refractivity contribution < 1.29 is 33.3 Å². The number of nitrogens with one attached hydrogen (secondary N) is 1. The molecule has 2 rings (SSSR count). The molecule has 1 aromatic rings. The Morgan fingerprint density at radius 1 is 1.09 bits per heavy atom. The molecule has 1 aromatic carbocycles. The molecule has 0 bridgehead atoms. The van der Waals surface area contributed by atoms with Crippen molar-refractivity contribution in [3.8, 4) is 0 Å². The predicted molar refractivity (Wildman–Crippen MR) is 128 cm³/mol. The van der Waals surface area contributed by atoms with E-state index in [2.05, 4.69) is 18.5 Å². The lowest BCUT2D eigenvalue weighted by atomic mass is 9.97. The average molecular weight is 476 g/mol. The topological polar surface area (TPSA) is 92.3 Å². The molecule has 0 unspecified atom stereocenters. The molecule has 1 saturated heterocycles. The molecule has 4 atom stereocenters. The van der Waals surface area contributed by atoms with Gasteiger partial charge in [-0.3, -0.25) is 0 Å². The van der Waals surface area contributed by atoms with Crippen molar-refractivity contribution in [2.24, 2.45) is 5.92 Å². The van der Waals surface area contributed by atoms with Crippen molar-refractivity contribution in [3.05, 3.63) is 60.2 Å². The zero-order valence-corrected chi connectivity index (χ0v) is 20.6. The molecule has 8 heteroatoms. The molecule has 188 valence electrons. The van der Waals surface area contributed by atoms with Crippen LogP contribution in [-0.4, -0.2) is 62.8 Å². The van der Waals surface area contributed by atoms with Crippen LogP contribution in [0.1, 0.15) is 33.3 Å². The zero-order valence-electron chi connectivity index (χ0n) is 20.6. The third-order valence-electron chi connectivity index (χ3n) is 5.02. The van der Waals surface area contributed by atoms with Crippen LogP contribution in [0.5, 0.6) is 0 Å². The Labute approximate surface area is 202 Å². The van der Waals surface area contributed by atoms with Crippen LogP contribution in [0.2, 0.25) is 0 Å². The molecule has 1 heterocycles. The van der Waals surface area contributed by atoms with Crippen molar-refractivity contribution in [2.45, 2.75) is 58.7 Å². The second kappa shape index (κ2) is 13.9. The molecular formula is C26H37NO7. The highest BCUT2D eigenvalue weighted by molar-refractivity contribution is 5.81. The van der Waals surface area contributed by atoms with Crippen molar-refractivity contribution in [1.29, 1.82) is 0 Å². The molecule has 8 nitrogen and oxygen atoms in total. The SMILES string of the molecule is C=C(C)CO[C@@H]1[C@@H](OCC(=C)C)COC[C@H](NC(=O)OCc2ccccc2)C(=O)O[C@@H]1C(C)C. The van der Waals surface area contributed by atoms with Gasteiger partial charge in [0, 0.05) is 0 Å². The first-order valence-electron chi connectivity index (χ1n) is 11.4. The highest BCUT2D eigenvalue weighted by atomic mass is 16.6. The monoisotopic (exact) mass is 475 g/mol. The Kier molecular flexibility index (Phi) is 11.3. The normalized spacial score (nSPS) is 23.3. The Morgan fingerprint density at radius 3 is 2.35 bits per heavy atom. The lowest BCUT2D eigenvalue weighted by Crippen LogP contribution is -2.49. The van der Waals surface area contributed by atoms with Crippen molar-refractivity contribution >= 4 is 12.1 Å². The maximum Gasteiger partial charge on any atom is 0.408 e. The average Bonchev–Trinajstić information content (AvgIpc) is 2.84. The smallest absolute Gasteiger partial charge is 0.408 e. The standard InChI is InChI=1S/C26H37NO7/c1-17(2)12-31-22-16-30-15-21(27-26(29)33-14-20-10-8-7-9-11-20)25(28)34-23(19(5)6)24(22)32-13-18(3)4/h7-11,19,21-24H,1,3,12-16H2,2,4-6H3,(H,27,29)/t21-,22-,23+,24+/m0/s1. The molecular weight excluding hydrogens is 438 g/mol. The van der Waals surface area contributed by atoms with Gasteiger partial charge in [0.25, 0.3) is 0 Å². The van der Waals surface area contributed by atoms with Crippen molar-refractivity contribution in [1.82, 2.24) is 5.32 Å². The molecule has 0 aromatic heterocycles. The number of carbonyl (C=O) groups is 2. The quantitative estimate of drug-likeness (QED) is 0.406. The van der Waals surface area contributed by atoms with Crippen LogP contribution in [0.25, 0.3) is 0 Å². The molecule has 1 aliphatic rings. The number of cyclic esters (lactones) is 1. The second-order valence-corrected chi connectivity index (χ2v) is 8.98. The summed E-state index contributed by atoms with van der Waals surface area (Å²) in [5.74, 6) is -0.710. The molecule has 34 heavy (non-hydrogen) atoms. The first kappa shape index (κ1) is 27.6. The molecule has 1 aliphatic heterocycles. The minimum atomic E-state index is -1.04. The number of rotatable bonds is 10. The maximum atomic E-state index is 13.0. The van der Waals surface area contributed by atoms with Crippen molar-refractivity contribution in [2.75, 3.05) is 26.4 Å². The van der Waals surface area contributed by atoms with Crippen LogP contribution in [0, 0.1) is 5.92 Å². The Balaban J connectivity index is 2.13. The molecule has 0 saturated carbocycles. The summed E-state index contributed by atoms with van der Waals surface area (Å²) in [5, 5.41) is 2.55. The summed E-state index contributed by atoms with van der Waals surface area (Å²) in [6, 6.07) is 8.23. The fourth-order valence-electron chi connectivity index (χ4n) is 3.32. The van der Waals surface area contributed by atoms with Crippen LogP contribution in [0.15, 0.2) is 54.6 Å². The summed E-state index contributed by atoms with van der Waals surface area (Å²) in [7, 11) is 0. The van der Waals surface area contributed by atoms with E-state index >= 15 is 0 Å². The molecule has 0 aliphatic carbocycles. The van der Waals surface area contributed by atoms with Crippen molar-refractivity contribution in [3.63, 3.8) is 0 Å². The largest absolute Gasteiger partial charge is 0.458 e. The van der Waals surface area contributed by atoms with E-state index in [1.807, 2.05) is 58.0 Å². The fourth-order valence-corrected chi connectivity index (χ4v) is 3.32. The number of amides is 1. The fraction of sp³-hybridized carbons (Fsp3) is 0.538. The van der Waals surface area contributed by atoms with Gasteiger partial charge in [-0.2, -0.15) is 0 Å². The predicted octanol–water partition coefficient (Wildman–Crippen LogP) is 3.80. The number of carbonyl (C=O) groups excluding carboxylic acids is 2.